The molecule has 1 amide bonds. The second-order valence-corrected chi connectivity index (χ2v) is 5.78. The Labute approximate surface area is 153 Å². The summed E-state index contributed by atoms with van der Waals surface area (Å²) in [5.74, 6) is 0.147. The zero-order valence-electron chi connectivity index (χ0n) is 13.3. The van der Waals surface area contributed by atoms with E-state index in [1.807, 2.05) is 0 Å². The van der Waals surface area contributed by atoms with Crippen molar-refractivity contribution in [1.29, 1.82) is 0 Å². The Morgan fingerprint density at radius 1 is 1.20 bits per heavy atom. The van der Waals surface area contributed by atoms with E-state index in [4.69, 9.17) is 32.7 Å². The normalized spacial score (nSPS) is 11.5. The van der Waals surface area contributed by atoms with Crippen LogP contribution in [-0.2, 0) is 4.79 Å². The summed E-state index contributed by atoms with van der Waals surface area (Å²) < 4.78 is 10.6. The van der Waals surface area contributed by atoms with E-state index in [1.54, 1.807) is 12.1 Å². The first-order valence-electron chi connectivity index (χ1n) is 7.07. The average molecular weight is 385 g/mol. The number of carbonyl (C=O) groups excluding carboxylic acids is 1. The molecule has 0 aliphatic rings. The maximum absolute atomic E-state index is 12.3. The summed E-state index contributed by atoms with van der Waals surface area (Å²) in [5, 5.41) is 14.1. The van der Waals surface area contributed by atoms with Crippen LogP contribution >= 0.6 is 23.2 Å². The smallest absolute Gasteiger partial charge is 0.271 e. The number of ether oxygens (including phenoxy) is 2. The van der Waals surface area contributed by atoms with Crippen molar-refractivity contribution in [2.24, 2.45) is 0 Å². The van der Waals surface area contributed by atoms with Crippen LogP contribution in [0.1, 0.15) is 6.92 Å². The molecule has 0 bridgehead atoms. The van der Waals surface area contributed by atoms with Crippen LogP contribution in [0.5, 0.6) is 11.5 Å². The molecule has 2 aromatic rings. The third kappa shape index (κ3) is 4.74. The summed E-state index contributed by atoms with van der Waals surface area (Å²) in [7, 11) is 1.40. The van der Waals surface area contributed by atoms with Gasteiger partial charge in [-0.15, -0.1) is 0 Å². The predicted octanol–water partition coefficient (Wildman–Crippen LogP) is 4.32. The fourth-order valence-corrected chi connectivity index (χ4v) is 2.24. The number of non-ortho nitro benzene ring substituents is 1. The van der Waals surface area contributed by atoms with Gasteiger partial charge in [-0.25, -0.2) is 0 Å². The minimum absolute atomic E-state index is 0.172. The van der Waals surface area contributed by atoms with Crippen molar-refractivity contribution in [3.8, 4) is 11.5 Å². The summed E-state index contributed by atoms with van der Waals surface area (Å²) in [5.41, 5.74) is 0.000410. The number of anilines is 1. The van der Waals surface area contributed by atoms with Crippen LogP contribution in [0.15, 0.2) is 36.4 Å². The Morgan fingerprint density at radius 2 is 1.92 bits per heavy atom. The average Bonchev–Trinajstić information content (AvgIpc) is 2.57. The van der Waals surface area contributed by atoms with E-state index < -0.39 is 16.9 Å². The Hall–Kier alpha value is -2.51. The van der Waals surface area contributed by atoms with Gasteiger partial charge in [0.05, 0.1) is 27.8 Å². The zero-order valence-corrected chi connectivity index (χ0v) is 14.8. The van der Waals surface area contributed by atoms with E-state index in [0.717, 1.165) is 0 Å². The first-order valence-corrected chi connectivity index (χ1v) is 7.82. The summed E-state index contributed by atoms with van der Waals surface area (Å²) in [6.45, 7) is 1.53. The number of hydrogen-bond donors (Lipinski definition) is 1. The molecule has 25 heavy (non-hydrogen) atoms. The topological polar surface area (TPSA) is 90.7 Å². The number of nitro benzene ring substituents is 1. The molecule has 0 spiro atoms. The van der Waals surface area contributed by atoms with Crippen molar-refractivity contribution >= 4 is 40.5 Å². The molecule has 0 aliphatic carbocycles. The van der Waals surface area contributed by atoms with Gasteiger partial charge in [-0.05, 0) is 25.1 Å². The lowest BCUT2D eigenvalue weighted by Gasteiger charge is -2.16. The number of carbonyl (C=O) groups is 1. The number of rotatable bonds is 6. The molecule has 132 valence electrons. The summed E-state index contributed by atoms with van der Waals surface area (Å²) >= 11 is 11.7. The van der Waals surface area contributed by atoms with Crippen molar-refractivity contribution in [2.45, 2.75) is 13.0 Å². The fourth-order valence-electron chi connectivity index (χ4n) is 1.95. The third-order valence-corrected chi connectivity index (χ3v) is 3.96. The largest absolute Gasteiger partial charge is 0.495 e. The van der Waals surface area contributed by atoms with E-state index >= 15 is 0 Å². The van der Waals surface area contributed by atoms with Crippen molar-refractivity contribution in [3.05, 3.63) is 56.6 Å². The molecule has 9 heteroatoms. The van der Waals surface area contributed by atoms with E-state index in [1.165, 1.54) is 38.3 Å². The number of nitrogens with one attached hydrogen (secondary N) is 1. The van der Waals surface area contributed by atoms with Crippen LogP contribution in [0.2, 0.25) is 10.0 Å². The van der Waals surface area contributed by atoms with Gasteiger partial charge in [0.1, 0.15) is 11.5 Å². The molecule has 2 rings (SSSR count). The van der Waals surface area contributed by atoms with Crippen molar-refractivity contribution in [1.82, 2.24) is 0 Å². The molecule has 0 aliphatic heterocycles. The minimum atomic E-state index is -0.888. The number of amides is 1. The van der Waals surface area contributed by atoms with Gasteiger partial charge in [-0.1, -0.05) is 23.2 Å². The Bertz CT molecular complexity index is 813. The quantitative estimate of drug-likeness (QED) is 0.591. The van der Waals surface area contributed by atoms with Gasteiger partial charge in [0.2, 0.25) is 0 Å². The maximum Gasteiger partial charge on any atom is 0.271 e. The van der Waals surface area contributed by atoms with Gasteiger partial charge in [0, 0.05) is 18.2 Å². The number of halogens is 2. The molecular formula is C16H14Cl2N2O5. The Morgan fingerprint density at radius 3 is 2.52 bits per heavy atom. The van der Waals surface area contributed by atoms with Crippen LogP contribution in [0.4, 0.5) is 11.4 Å². The van der Waals surface area contributed by atoms with Gasteiger partial charge < -0.3 is 14.8 Å². The highest BCUT2D eigenvalue weighted by molar-refractivity contribution is 6.42. The Kier molecular flexibility index (Phi) is 6.06. The first kappa shape index (κ1) is 18.8. The second kappa shape index (κ2) is 8.04. The number of methoxy groups -OCH3 is 1. The number of nitrogens with zero attached hydrogens (tertiary/aromatic N) is 1. The molecule has 1 atom stereocenters. The molecule has 0 heterocycles. The van der Waals surface area contributed by atoms with Gasteiger partial charge in [0.15, 0.2) is 6.10 Å². The molecule has 0 saturated carbocycles. The van der Waals surface area contributed by atoms with Crippen LogP contribution in [0, 0.1) is 10.1 Å². The number of benzene rings is 2. The van der Waals surface area contributed by atoms with Gasteiger partial charge >= 0.3 is 0 Å². The predicted molar refractivity (Wildman–Crippen MR) is 94.8 cm³/mol. The molecule has 7 nitrogen and oxygen atoms in total. The van der Waals surface area contributed by atoms with Crippen LogP contribution < -0.4 is 14.8 Å². The lowest BCUT2D eigenvalue weighted by molar-refractivity contribution is -0.384. The van der Waals surface area contributed by atoms with E-state index in [0.29, 0.717) is 21.5 Å². The Balaban J connectivity index is 2.13. The van der Waals surface area contributed by atoms with Crippen molar-refractivity contribution < 1.29 is 19.2 Å². The second-order valence-electron chi connectivity index (χ2n) is 4.97. The third-order valence-electron chi connectivity index (χ3n) is 3.22. The lowest BCUT2D eigenvalue weighted by atomic mass is 10.2. The maximum atomic E-state index is 12.3. The SMILES string of the molecule is COc1ccc([N+](=O)[O-])cc1NC(=O)C(C)Oc1ccc(Cl)c(Cl)c1. The van der Waals surface area contributed by atoms with Crippen LogP contribution in [0.3, 0.4) is 0 Å². The van der Waals surface area contributed by atoms with Crippen LogP contribution in [0.25, 0.3) is 0 Å². The van der Waals surface area contributed by atoms with Gasteiger partial charge in [0.25, 0.3) is 11.6 Å². The highest BCUT2D eigenvalue weighted by Crippen LogP contribution is 2.30. The summed E-state index contributed by atoms with van der Waals surface area (Å²) in [6.07, 6.45) is -0.888. The van der Waals surface area contributed by atoms with E-state index in [-0.39, 0.29) is 11.4 Å². The molecular weight excluding hydrogens is 371 g/mol. The molecule has 0 fully saturated rings. The first-order chi connectivity index (χ1) is 11.8. The highest BCUT2D eigenvalue weighted by atomic mass is 35.5. The molecule has 2 aromatic carbocycles. The van der Waals surface area contributed by atoms with E-state index in [9.17, 15) is 14.9 Å². The monoisotopic (exact) mass is 384 g/mol. The standard InChI is InChI=1S/C16H14Cl2N2O5/c1-9(25-11-4-5-12(17)13(18)8-11)16(21)19-14-7-10(20(22)23)3-6-15(14)24-2/h3-9H,1-2H3,(H,19,21). The van der Waals surface area contributed by atoms with E-state index in [2.05, 4.69) is 5.32 Å². The lowest BCUT2D eigenvalue weighted by Crippen LogP contribution is -2.30. The van der Waals surface area contributed by atoms with Crippen LogP contribution in [-0.4, -0.2) is 24.0 Å². The van der Waals surface area contributed by atoms with Gasteiger partial charge in [-0.3, -0.25) is 14.9 Å². The number of nitro groups is 1. The molecule has 0 saturated heterocycles. The summed E-state index contributed by atoms with van der Waals surface area (Å²) in [4.78, 5) is 22.6. The summed E-state index contributed by atoms with van der Waals surface area (Å²) in [6, 6.07) is 8.51. The highest BCUT2D eigenvalue weighted by Gasteiger charge is 2.19. The van der Waals surface area contributed by atoms with Gasteiger partial charge in [-0.2, -0.15) is 0 Å². The van der Waals surface area contributed by atoms with Crippen molar-refractivity contribution in [3.63, 3.8) is 0 Å². The molecule has 0 aromatic heterocycles. The van der Waals surface area contributed by atoms with Crippen molar-refractivity contribution in [2.75, 3.05) is 12.4 Å². The number of hydrogen-bond acceptors (Lipinski definition) is 5. The fraction of sp³-hybridized carbons (Fsp3) is 0.188. The molecule has 0 radical (unpaired) electrons. The minimum Gasteiger partial charge on any atom is -0.495 e. The zero-order chi connectivity index (χ0) is 18.6. The molecule has 1 N–H and O–H groups in total. The molecule has 1 unspecified atom stereocenters.